The zero-order chi connectivity index (χ0) is 17.6. The molecule has 0 atom stereocenters. The third kappa shape index (κ3) is 4.41. The maximum atomic E-state index is 5.34. The summed E-state index contributed by atoms with van der Waals surface area (Å²) in [6.07, 6.45) is 5.84. The summed E-state index contributed by atoms with van der Waals surface area (Å²) >= 11 is 0. The molecule has 0 saturated carbocycles. The van der Waals surface area contributed by atoms with Crippen molar-refractivity contribution in [1.29, 1.82) is 0 Å². The smallest absolute Gasteiger partial charge is 0.229 e. The first-order valence-electron chi connectivity index (χ1n) is 9.24. The van der Waals surface area contributed by atoms with Crippen LogP contribution < -0.4 is 15.0 Å². The highest BCUT2D eigenvalue weighted by molar-refractivity contribution is 5.62. The number of nitrogens with zero attached hydrogens (tertiary/aromatic N) is 3. The molecular weight excluding hydrogens is 312 g/mol. The van der Waals surface area contributed by atoms with Crippen LogP contribution in [0, 0.1) is 6.92 Å². The van der Waals surface area contributed by atoms with Gasteiger partial charge in [-0.3, -0.25) is 0 Å². The first kappa shape index (κ1) is 17.5. The normalized spacial score (nSPS) is 14.4. The molecule has 0 amide bonds. The molecule has 2 aromatic rings. The first-order valence-corrected chi connectivity index (χ1v) is 9.24. The maximum absolute atomic E-state index is 5.34. The fraction of sp³-hybridized carbons (Fsp3) is 0.500. The molecule has 1 aliphatic rings. The van der Waals surface area contributed by atoms with Gasteiger partial charge in [-0.05, 0) is 44.2 Å². The van der Waals surface area contributed by atoms with E-state index in [4.69, 9.17) is 14.7 Å². The molecule has 0 aliphatic carbocycles. The molecule has 0 unspecified atom stereocenters. The molecule has 3 rings (SSSR count). The van der Waals surface area contributed by atoms with Crippen molar-refractivity contribution in [3.63, 3.8) is 0 Å². The number of hydrogen-bond donors (Lipinski definition) is 1. The number of methoxy groups -OCH3 is 1. The number of nitrogens with one attached hydrogen (secondary N) is 1. The van der Waals surface area contributed by atoms with Gasteiger partial charge in [0.1, 0.15) is 11.6 Å². The van der Waals surface area contributed by atoms with Gasteiger partial charge in [0.15, 0.2) is 0 Å². The van der Waals surface area contributed by atoms with Crippen molar-refractivity contribution >= 4 is 17.5 Å². The molecule has 1 aromatic heterocycles. The van der Waals surface area contributed by atoms with Gasteiger partial charge in [0.25, 0.3) is 0 Å². The number of ether oxygens (including phenoxy) is 1. The van der Waals surface area contributed by atoms with E-state index in [1.54, 1.807) is 7.11 Å². The molecule has 5 nitrogen and oxygen atoms in total. The van der Waals surface area contributed by atoms with Gasteiger partial charge in [-0.2, -0.15) is 4.98 Å². The fourth-order valence-electron chi connectivity index (χ4n) is 3.19. The molecule has 2 heterocycles. The lowest BCUT2D eigenvalue weighted by Gasteiger charge is -2.28. The lowest BCUT2D eigenvalue weighted by molar-refractivity contribution is 0.415. The lowest BCUT2D eigenvalue weighted by Crippen LogP contribution is -2.30. The van der Waals surface area contributed by atoms with Crippen LogP contribution in [0.15, 0.2) is 24.3 Å². The SMILES string of the molecule is CCCc1cc(N2CCCCC2)nc(Nc2cc(OC)ccc2C)n1. The van der Waals surface area contributed by atoms with Gasteiger partial charge < -0.3 is 15.0 Å². The van der Waals surface area contributed by atoms with E-state index in [1.165, 1.54) is 19.3 Å². The van der Waals surface area contributed by atoms with E-state index in [2.05, 4.69) is 30.1 Å². The van der Waals surface area contributed by atoms with Crippen molar-refractivity contribution < 1.29 is 4.74 Å². The minimum Gasteiger partial charge on any atom is -0.497 e. The van der Waals surface area contributed by atoms with Crippen LogP contribution in [-0.4, -0.2) is 30.2 Å². The van der Waals surface area contributed by atoms with Crippen LogP contribution in [-0.2, 0) is 6.42 Å². The molecule has 134 valence electrons. The predicted octanol–water partition coefficient (Wildman–Crippen LogP) is 4.48. The molecule has 1 saturated heterocycles. The molecule has 25 heavy (non-hydrogen) atoms. The Morgan fingerprint density at radius 2 is 1.92 bits per heavy atom. The van der Waals surface area contributed by atoms with Gasteiger partial charge >= 0.3 is 0 Å². The van der Waals surface area contributed by atoms with E-state index in [0.717, 1.165) is 54.4 Å². The second-order valence-corrected chi connectivity index (χ2v) is 6.64. The second-order valence-electron chi connectivity index (χ2n) is 6.64. The Balaban J connectivity index is 1.90. The van der Waals surface area contributed by atoms with Crippen LogP contribution in [0.4, 0.5) is 17.5 Å². The molecule has 0 bridgehead atoms. The summed E-state index contributed by atoms with van der Waals surface area (Å²) in [5, 5.41) is 3.40. The van der Waals surface area contributed by atoms with Gasteiger partial charge in [-0.15, -0.1) is 0 Å². The highest BCUT2D eigenvalue weighted by Gasteiger charge is 2.15. The van der Waals surface area contributed by atoms with Crippen molar-refractivity contribution in [3.8, 4) is 5.75 Å². The van der Waals surface area contributed by atoms with E-state index in [9.17, 15) is 0 Å². The number of hydrogen-bond acceptors (Lipinski definition) is 5. The van der Waals surface area contributed by atoms with Crippen molar-refractivity contribution in [3.05, 3.63) is 35.5 Å². The third-order valence-electron chi connectivity index (χ3n) is 4.64. The Kier molecular flexibility index (Phi) is 5.74. The Morgan fingerprint density at radius 1 is 1.12 bits per heavy atom. The predicted molar refractivity (Wildman–Crippen MR) is 103 cm³/mol. The van der Waals surface area contributed by atoms with E-state index in [0.29, 0.717) is 5.95 Å². The Labute approximate surface area is 150 Å². The Hall–Kier alpha value is -2.30. The summed E-state index contributed by atoms with van der Waals surface area (Å²) in [4.78, 5) is 11.9. The quantitative estimate of drug-likeness (QED) is 0.840. The Bertz CT molecular complexity index is 711. The van der Waals surface area contributed by atoms with Crippen LogP contribution in [0.5, 0.6) is 5.75 Å². The number of benzene rings is 1. The number of anilines is 3. The molecular formula is C20H28N4O. The topological polar surface area (TPSA) is 50.3 Å². The monoisotopic (exact) mass is 340 g/mol. The zero-order valence-corrected chi connectivity index (χ0v) is 15.5. The second kappa shape index (κ2) is 8.19. The summed E-state index contributed by atoms with van der Waals surface area (Å²) in [7, 11) is 1.68. The van der Waals surface area contributed by atoms with Crippen LogP contribution in [0.1, 0.15) is 43.9 Å². The van der Waals surface area contributed by atoms with E-state index in [-0.39, 0.29) is 0 Å². The number of piperidine rings is 1. The number of rotatable bonds is 6. The molecule has 1 fully saturated rings. The largest absolute Gasteiger partial charge is 0.497 e. The first-order chi connectivity index (χ1) is 12.2. The van der Waals surface area contributed by atoms with Crippen LogP contribution in [0.2, 0.25) is 0 Å². The van der Waals surface area contributed by atoms with Crippen LogP contribution >= 0.6 is 0 Å². The Morgan fingerprint density at radius 3 is 2.64 bits per heavy atom. The molecule has 0 radical (unpaired) electrons. The zero-order valence-electron chi connectivity index (χ0n) is 15.5. The van der Waals surface area contributed by atoms with Crippen molar-refractivity contribution in [2.24, 2.45) is 0 Å². The number of aromatic nitrogens is 2. The fourth-order valence-corrected chi connectivity index (χ4v) is 3.19. The highest BCUT2D eigenvalue weighted by atomic mass is 16.5. The minimum atomic E-state index is 0.669. The average molecular weight is 340 g/mol. The average Bonchev–Trinajstić information content (AvgIpc) is 2.64. The van der Waals surface area contributed by atoms with Crippen molar-refractivity contribution in [1.82, 2.24) is 9.97 Å². The van der Waals surface area contributed by atoms with Gasteiger partial charge in [0.05, 0.1) is 7.11 Å². The summed E-state index contributed by atoms with van der Waals surface area (Å²) in [5.74, 6) is 2.54. The standard InChI is InChI=1S/C20H28N4O/c1-4-8-16-13-19(24-11-6-5-7-12-24)23-20(21-16)22-18-14-17(25-3)10-9-15(18)2/h9-10,13-14H,4-8,11-12H2,1-3H3,(H,21,22,23). The maximum Gasteiger partial charge on any atom is 0.229 e. The van der Waals surface area contributed by atoms with Gasteiger partial charge in [-0.1, -0.05) is 19.4 Å². The van der Waals surface area contributed by atoms with E-state index < -0.39 is 0 Å². The summed E-state index contributed by atoms with van der Waals surface area (Å²) in [6.45, 7) is 6.42. The molecule has 0 spiro atoms. The van der Waals surface area contributed by atoms with Crippen LogP contribution in [0.25, 0.3) is 0 Å². The molecule has 5 heteroatoms. The van der Waals surface area contributed by atoms with Gasteiger partial charge in [-0.25, -0.2) is 4.98 Å². The third-order valence-corrected chi connectivity index (χ3v) is 4.64. The van der Waals surface area contributed by atoms with Crippen LogP contribution in [0.3, 0.4) is 0 Å². The molecule has 1 aliphatic heterocycles. The minimum absolute atomic E-state index is 0.669. The van der Waals surface area contributed by atoms with Gasteiger partial charge in [0, 0.05) is 36.6 Å². The van der Waals surface area contributed by atoms with Gasteiger partial charge in [0.2, 0.25) is 5.95 Å². The highest BCUT2D eigenvalue weighted by Crippen LogP contribution is 2.26. The summed E-state index contributed by atoms with van der Waals surface area (Å²) in [5.41, 5.74) is 3.23. The van der Waals surface area contributed by atoms with E-state index in [1.807, 2.05) is 18.2 Å². The molecule has 1 aromatic carbocycles. The summed E-state index contributed by atoms with van der Waals surface area (Å²) in [6, 6.07) is 8.15. The van der Waals surface area contributed by atoms with Crippen molar-refractivity contribution in [2.45, 2.75) is 46.0 Å². The van der Waals surface area contributed by atoms with Crippen molar-refractivity contribution in [2.75, 3.05) is 30.4 Å². The van der Waals surface area contributed by atoms with E-state index >= 15 is 0 Å². The summed E-state index contributed by atoms with van der Waals surface area (Å²) < 4.78 is 5.34. The molecule has 1 N–H and O–H groups in total. The number of aryl methyl sites for hydroxylation is 2. The lowest BCUT2D eigenvalue weighted by atomic mass is 10.1.